The summed E-state index contributed by atoms with van der Waals surface area (Å²) in [6.07, 6.45) is 20.3. The fourth-order valence-electron chi connectivity index (χ4n) is 2.81. The number of carbonyl (C=O) groups is 2. The molecule has 5 heteroatoms. The summed E-state index contributed by atoms with van der Waals surface area (Å²) in [6, 6.07) is 0. The predicted octanol–water partition coefficient (Wildman–Crippen LogP) is 7.42. The Bertz CT molecular complexity index is 318. The second kappa shape index (κ2) is 24.7. The molecule has 0 heterocycles. The van der Waals surface area contributed by atoms with E-state index in [2.05, 4.69) is 11.7 Å². The lowest BCUT2D eigenvalue weighted by atomic mass is 10.0. The van der Waals surface area contributed by atoms with Crippen LogP contribution in [0.5, 0.6) is 0 Å². The predicted molar refractivity (Wildman–Crippen MR) is 111 cm³/mol. The molecule has 0 spiro atoms. The van der Waals surface area contributed by atoms with Crippen molar-refractivity contribution in [2.24, 2.45) is 0 Å². The highest BCUT2D eigenvalue weighted by molar-refractivity contribution is 5.66. The van der Waals surface area contributed by atoms with Crippen molar-refractivity contribution in [2.45, 2.75) is 123 Å². The minimum absolute atomic E-state index is 0.222. The third kappa shape index (κ3) is 32.8. The number of aliphatic carboxylic acids is 1. The third-order valence-electron chi connectivity index (χ3n) is 4.53. The van der Waals surface area contributed by atoms with Gasteiger partial charge in [-0.1, -0.05) is 110 Å². The third-order valence-corrected chi connectivity index (χ3v) is 4.53. The maximum Gasteiger partial charge on any atom is 0.505 e. The van der Waals surface area contributed by atoms with Crippen LogP contribution in [0.1, 0.15) is 123 Å². The molecule has 0 saturated heterocycles. The second-order valence-electron chi connectivity index (χ2n) is 7.16. The molecule has 0 saturated carbocycles. The Labute approximate surface area is 166 Å². The second-order valence-corrected chi connectivity index (χ2v) is 7.16. The number of hydrogen-bond donors (Lipinski definition) is 2. The van der Waals surface area contributed by atoms with Crippen molar-refractivity contribution in [1.82, 2.24) is 0 Å². The Balaban J connectivity index is 0. The van der Waals surface area contributed by atoms with E-state index in [0.717, 1.165) is 12.8 Å². The van der Waals surface area contributed by atoms with Gasteiger partial charge in [0.25, 0.3) is 0 Å². The van der Waals surface area contributed by atoms with Gasteiger partial charge in [-0.2, -0.15) is 0 Å². The minimum atomic E-state index is -1.15. The molecule has 0 aromatic rings. The molecular weight excluding hydrogens is 344 g/mol. The average molecular weight is 389 g/mol. The van der Waals surface area contributed by atoms with Crippen molar-refractivity contribution in [3.05, 3.63) is 0 Å². The zero-order chi connectivity index (χ0) is 20.6. The monoisotopic (exact) mass is 388 g/mol. The zero-order valence-electron chi connectivity index (χ0n) is 17.8. The molecule has 0 radical (unpaired) electrons. The first-order valence-electron chi connectivity index (χ1n) is 11.1. The van der Waals surface area contributed by atoms with Gasteiger partial charge in [-0.05, 0) is 6.42 Å². The van der Waals surface area contributed by atoms with Crippen LogP contribution in [0.3, 0.4) is 0 Å². The maximum atomic E-state index is 10.1. The van der Waals surface area contributed by atoms with Gasteiger partial charge in [-0.15, -0.1) is 0 Å². The van der Waals surface area contributed by atoms with Crippen LogP contribution in [0.25, 0.3) is 0 Å². The molecule has 0 aliphatic carbocycles. The van der Waals surface area contributed by atoms with Gasteiger partial charge in [0.2, 0.25) is 0 Å². The highest BCUT2D eigenvalue weighted by atomic mass is 16.7. The van der Waals surface area contributed by atoms with Gasteiger partial charge in [0.05, 0.1) is 6.61 Å². The summed E-state index contributed by atoms with van der Waals surface area (Å²) in [7, 11) is 0. The SMILES string of the molecule is CCC(=O)O.CCCCCCCCCCCCCCCCCCOC(=O)O. The fourth-order valence-corrected chi connectivity index (χ4v) is 2.81. The van der Waals surface area contributed by atoms with E-state index < -0.39 is 12.1 Å². The summed E-state index contributed by atoms with van der Waals surface area (Å²) in [5, 5.41) is 16.0. The van der Waals surface area contributed by atoms with E-state index in [-0.39, 0.29) is 6.42 Å². The first-order valence-corrected chi connectivity index (χ1v) is 11.1. The van der Waals surface area contributed by atoms with Gasteiger partial charge in [0.1, 0.15) is 0 Å². The molecule has 0 aromatic heterocycles. The van der Waals surface area contributed by atoms with Crippen molar-refractivity contribution in [1.29, 1.82) is 0 Å². The lowest BCUT2D eigenvalue weighted by Crippen LogP contribution is -2.01. The minimum Gasteiger partial charge on any atom is -0.481 e. The van der Waals surface area contributed by atoms with E-state index in [4.69, 9.17) is 10.2 Å². The topological polar surface area (TPSA) is 83.8 Å². The lowest BCUT2D eigenvalue weighted by Gasteiger charge is -2.03. The van der Waals surface area contributed by atoms with Crippen molar-refractivity contribution >= 4 is 12.1 Å². The summed E-state index contributed by atoms with van der Waals surface area (Å²) in [5.74, 6) is -0.745. The van der Waals surface area contributed by atoms with Crippen LogP contribution in [-0.4, -0.2) is 28.9 Å². The molecule has 27 heavy (non-hydrogen) atoms. The Morgan fingerprint density at radius 3 is 1.15 bits per heavy atom. The Hall–Kier alpha value is -1.26. The number of hydrogen-bond acceptors (Lipinski definition) is 3. The molecule has 0 amide bonds. The summed E-state index contributed by atoms with van der Waals surface area (Å²) < 4.78 is 4.48. The molecule has 0 aromatic carbocycles. The van der Waals surface area contributed by atoms with Crippen molar-refractivity contribution in [3.63, 3.8) is 0 Å². The van der Waals surface area contributed by atoms with Crippen LogP contribution in [0.4, 0.5) is 4.79 Å². The van der Waals surface area contributed by atoms with Crippen molar-refractivity contribution in [2.75, 3.05) is 6.61 Å². The number of ether oxygens (including phenoxy) is 1. The number of unbranched alkanes of at least 4 members (excludes halogenated alkanes) is 15. The molecular formula is C22H44O5. The van der Waals surface area contributed by atoms with E-state index in [1.165, 1.54) is 89.9 Å². The maximum absolute atomic E-state index is 10.1. The first kappa shape index (κ1) is 28.0. The quantitative estimate of drug-likeness (QED) is 0.188. The van der Waals surface area contributed by atoms with Crippen molar-refractivity contribution < 1.29 is 24.5 Å². The molecule has 162 valence electrons. The number of carboxylic acid groups (broad SMARTS) is 2. The zero-order valence-corrected chi connectivity index (χ0v) is 17.8. The average Bonchev–Trinajstić information content (AvgIpc) is 2.64. The number of carboxylic acids is 1. The van der Waals surface area contributed by atoms with E-state index in [1.54, 1.807) is 6.92 Å². The largest absolute Gasteiger partial charge is 0.505 e. The molecule has 0 bridgehead atoms. The van der Waals surface area contributed by atoms with Crippen LogP contribution in [-0.2, 0) is 9.53 Å². The standard InChI is InChI=1S/C19H38O3.C3H6O2/c1-2-3-4-5-6-7-8-9-10-11-12-13-14-15-16-17-18-22-19(20)21;1-2-3(4)5/h2-18H2,1H3,(H,20,21);2H2,1H3,(H,4,5). The Kier molecular flexibility index (Phi) is 25.6. The van der Waals surface area contributed by atoms with Crippen LogP contribution >= 0.6 is 0 Å². The van der Waals surface area contributed by atoms with E-state index in [9.17, 15) is 9.59 Å². The van der Waals surface area contributed by atoms with Gasteiger partial charge in [-0.25, -0.2) is 4.79 Å². The van der Waals surface area contributed by atoms with Gasteiger partial charge < -0.3 is 14.9 Å². The van der Waals surface area contributed by atoms with E-state index in [0.29, 0.717) is 6.61 Å². The smallest absolute Gasteiger partial charge is 0.481 e. The summed E-state index contributed by atoms with van der Waals surface area (Å²) in [5.41, 5.74) is 0. The molecule has 0 fully saturated rings. The van der Waals surface area contributed by atoms with Crippen molar-refractivity contribution in [3.8, 4) is 0 Å². The number of rotatable bonds is 18. The van der Waals surface area contributed by atoms with Gasteiger partial charge in [0.15, 0.2) is 0 Å². The van der Waals surface area contributed by atoms with E-state index in [1.807, 2.05) is 0 Å². The van der Waals surface area contributed by atoms with Crippen LogP contribution < -0.4 is 0 Å². The molecule has 5 nitrogen and oxygen atoms in total. The first-order chi connectivity index (χ1) is 13.0. The van der Waals surface area contributed by atoms with Crippen LogP contribution in [0, 0.1) is 0 Å². The molecule has 2 N–H and O–H groups in total. The van der Waals surface area contributed by atoms with Crippen LogP contribution in [0.2, 0.25) is 0 Å². The molecule has 0 rings (SSSR count). The summed E-state index contributed by atoms with van der Waals surface area (Å²) in [6.45, 7) is 4.23. The molecule has 0 aliphatic rings. The Morgan fingerprint density at radius 1 is 0.593 bits per heavy atom. The molecule has 0 atom stereocenters. The van der Waals surface area contributed by atoms with Gasteiger partial charge in [-0.3, -0.25) is 4.79 Å². The fraction of sp³-hybridized carbons (Fsp3) is 0.909. The normalized spacial score (nSPS) is 10.1. The van der Waals surface area contributed by atoms with Gasteiger partial charge >= 0.3 is 12.1 Å². The lowest BCUT2D eigenvalue weighted by molar-refractivity contribution is -0.136. The summed E-state index contributed by atoms with van der Waals surface area (Å²) >= 11 is 0. The van der Waals surface area contributed by atoms with E-state index >= 15 is 0 Å². The highest BCUT2D eigenvalue weighted by Crippen LogP contribution is 2.13. The Morgan fingerprint density at radius 2 is 0.889 bits per heavy atom. The van der Waals surface area contributed by atoms with Gasteiger partial charge in [0, 0.05) is 6.42 Å². The highest BCUT2D eigenvalue weighted by Gasteiger charge is 1.96. The summed E-state index contributed by atoms with van der Waals surface area (Å²) in [4.78, 5) is 19.5. The van der Waals surface area contributed by atoms with Crippen LogP contribution in [0.15, 0.2) is 0 Å². The molecule has 0 unspecified atom stereocenters. The molecule has 0 aliphatic heterocycles.